The third-order valence-electron chi connectivity index (χ3n) is 5.45. The maximum atomic E-state index is 12.8. The molecule has 2 atom stereocenters. The molecule has 1 aliphatic carbocycles. The molecule has 1 saturated carbocycles. The molecular weight excluding hydrogens is 312 g/mol. The van der Waals surface area contributed by atoms with Gasteiger partial charge in [-0.15, -0.1) is 0 Å². The Balaban J connectivity index is 1.51. The van der Waals surface area contributed by atoms with Gasteiger partial charge in [0.25, 0.3) is 5.91 Å². The maximum Gasteiger partial charge on any atom is 0.254 e. The number of hydrogen-bond acceptors (Lipinski definition) is 2. The van der Waals surface area contributed by atoms with Crippen molar-refractivity contribution < 1.29 is 9.21 Å². The van der Waals surface area contributed by atoms with Gasteiger partial charge in [-0.05, 0) is 62.1 Å². The number of benzene rings is 1. The normalized spacial score (nSPS) is 19.4. The van der Waals surface area contributed by atoms with Crippen LogP contribution < -0.4 is 0 Å². The average molecular weight is 336 g/mol. The van der Waals surface area contributed by atoms with Crippen molar-refractivity contribution in [1.82, 2.24) is 9.88 Å². The fourth-order valence-corrected chi connectivity index (χ4v) is 3.52. The van der Waals surface area contributed by atoms with Gasteiger partial charge >= 0.3 is 0 Å². The second kappa shape index (κ2) is 5.80. The van der Waals surface area contributed by atoms with E-state index in [1.807, 2.05) is 31.3 Å². The van der Waals surface area contributed by atoms with Crippen LogP contribution in [-0.2, 0) is 6.54 Å². The Morgan fingerprint density at radius 1 is 1.28 bits per heavy atom. The van der Waals surface area contributed by atoms with Gasteiger partial charge in [0.15, 0.2) is 0 Å². The van der Waals surface area contributed by atoms with Gasteiger partial charge in [0.2, 0.25) is 0 Å². The number of nitrogens with one attached hydrogen (secondary N) is 1. The lowest BCUT2D eigenvalue weighted by atomic mass is 10.1. The van der Waals surface area contributed by atoms with Crippen molar-refractivity contribution in [3.8, 4) is 0 Å². The molecule has 25 heavy (non-hydrogen) atoms. The second-order valence-electron chi connectivity index (χ2n) is 7.42. The van der Waals surface area contributed by atoms with E-state index in [9.17, 15) is 4.79 Å². The maximum absolute atomic E-state index is 12.8. The van der Waals surface area contributed by atoms with Gasteiger partial charge in [0.05, 0.1) is 6.54 Å². The van der Waals surface area contributed by atoms with Crippen LogP contribution in [0.5, 0.6) is 0 Å². The summed E-state index contributed by atoms with van der Waals surface area (Å²) < 4.78 is 5.93. The van der Waals surface area contributed by atoms with Crippen LogP contribution in [-0.4, -0.2) is 22.8 Å². The molecule has 1 aromatic carbocycles. The highest BCUT2D eigenvalue weighted by Crippen LogP contribution is 2.47. The fraction of sp³-hybridized carbons (Fsp3) is 0.381. The first-order valence-corrected chi connectivity index (χ1v) is 8.87. The van der Waals surface area contributed by atoms with Crippen LogP contribution in [0.3, 0.4) is 0 Å². The topological polar surface area (TPSA) is 49.2 Å². The van der Waals surface area contributed by atoms with Gasteiger partial charge in [-0.25, -0.2) is 0 Å². The van der Waals surface area contributed by atoms with Crippen LogP contribution >= 0.6 is 0 Å². The zero-order valence-corrected chi connectivity index (χ0v) is 15.2. The minimum atomic E-state index is 0.0119. The lowest BCUT2D eigenvalue weighted by Gasteiger charge is -2.16. The molecule has 3 aromatic rings. The number of aromatic amines is 1. The third-order valence-corrected chi connectivity index (χ3v) is 5.45. The molecule has 0 saturated heterocycles. The van der Waals surface area contributed by atoms with Crippen molar-refractivity contribution in [3.63, 3.8) is 0 Å². The van der Waals surface area contributed by atoms with Gasteiger partial charge in [0, 0.05) is 35.1 Å². The van der Waals surface area contributed by atoms with Gasteiger partial charge in [-0.3, -0.25) is 4.79 Å². The predicted octanol–water partition coefficient (Wildman–Crippen LogP) is 4.77. The van der Waals surface area contributed by atoms with Crippen molar-refractivity contribution >= 4 is 16.8 Å². The fourth-order valence-electron chi connectivity index (χ4n) is 3.52. The van der Waals surface area contributed by atoms with Gasteiger partial charge in [-0.1, -0.05) is 6.92 Å². The van der Waals surface area contributed by atoms with Gasteiger partial charge in [-0.2, -0.15) is 0 Å². The quantitative estimate of drug-likeness (QED) is 0.746. The minimum absolute atomic E-state index is 0.0119. The van der Waals surface area contributed by atoms with Crippen LogP contribution in [0, 0.1) is 19.8 Å². The van der Waals surface area contributed by atoms with Crippen LogP contribution in [0.1, 0.15) is 52.4 Å². The van der Waals surface area contributed by atoms with Gasteiger partial charge in [0.1, 0.15) is 11.5 Å². The Labute approximate surface area is 147 Å². The van der Waals surface area contributed by atoms with Crippen molar-refractivity contribution in [2.45, 2.75) is 39.7 Å². The molecule has 2 aromatic heterocycles. The molecular formula is C21H24N2O2. The van der Waals surface area contributed by atoms with E-state index < -0.39 is 0 Å². The summed E-state index contributed by atoms with van der Waals surface area (Å²) in [5.74, 6) is 3.20. The van der Waals surface area contributed by atoms with Crippen molar-refractivity contribution in [3.05, 3.63) is 58.7 Å². The number of rotatable bonds is 4. The molecule has 1 amide bonds. The summed E-state index contributed by atoms with van der Waals surface area (Å²) in [5, 5.41) is 1.11. The highest BCUT2D eigenvalue weighted by atomic mass is 16.3. The Kier molecular flexibility index (Phi) is 3.71. The SMILES string of the molecule is Cc1[nH]c2ccc(C(=O)N(C)Cc3ccc([C@@H]4C[C@H]4C)o3)cc2c1C. The number of amides is 1. The number of furan rings is 1. The summed E-state index contributed by atoms with van der Waals surface area (Å²) in [7, 11) is 1.82. The highest BCUT2D eigenvalue weighted by molar-refractivity contribution is 5.98. The third kappa shape index (κ3) is 2.86. The molecule has 0 radical (unpaired) electrons. The van der Waals surface area contributed by atoms with Crippen molar-refractivity contribution in [2.75, 3.05) is 7.05 Å². The number of hydrogen-bond donors (Lipinski definition) is 1. The first-order valence-electron chi connectivity index (χ1n) is 8.87. The largest absolute Gasteiger partial charge is 0.464 e. The van der Waals surface area contributed by atoms with E-state index in [4.69, 9.17) is 4.42 Å². The number of H-pyrrole nitrogens is 1. The number of fused-ring (bicyclic) bond motifs is 1. The summed E-state index contributed by atoms with van der Waals surface area (Å²) in [6.07, 6.45) is 1.21. The zero-order valence-electron chi connectivity index (χ0n) is 15.2. The van der Waals surface area contributed by atoms with Crippen molar-refractivity contribution in [2.24, 2.45) is 5.92 Å². The molecule has 1 fully saturated rings. The van der Waals surface area contributed by atoms with E-state index in [-0.39, 0.29) is 5.91 Å². The molecule has 0 bridgehead atoms. The highest BCUT2D eigenvalue weighted by Gasteiger charge is 2.36. The molecule has 4 rings (SSSR count). The number of carbonyl (C=O) groups is 1. The van der Waals surface area contributed by atoms with E-state index in [2.05, 4.69) is 31.8 Å². The lowest BCUT2D eigenvalue weighted by Crippen LogP contribution is -2.25. The van der Waals surface area contributed by atoms with Gasteiger partial charge < -0.3 is 14.3 Å². The van der Waals surface area contributed by atoms with Crippen LogP contribution in [0.2, 0.25) is 0 Å². The van der Waals surface area contributed by atoms with E-state index in [1.54, 1.807) is 4.90 Å². The van der Waals surface area contributed by atoms with Crippen molar-refractivity contribution in [1.29, 1.82) is 0 Å². The Morgan fingerprint density at radius 3 is 2.76 bits per heavy atom. The molecule has 0 aliphatic heterocycles. The first kappa shape index (κ1) is 16.0. The zero-order chi connectivity index (χ0) is 17.7. The van der Waals surface area contributed by atoms with E-state index >= 15 is 0 Å². The monoisotopic (exact) mass is 336 g/mol. The molecule has 0 spiro atoms. The minimum Gasteiger partial charge on any atom is -0.464 e. The summed E-state index contributed by atoms with van der Waals surface area (Å²) in [5.41, 5.74) is 4.12. The smallest absolute Gasteiger partial charge is 0.254 e. The Hall–Kier alpha value is -2.49. The molecule has 4 heteroatoms. The standard InChI is InChI=1S/C21H24N2O2/c1-12-9-17(12)20-8-6-16(25-20)11-23(4)21(24)15-5-7-19-18(10-15)13(2)14(3)22-19/h5-8,10,12,17,22H,9,11H2,1-4H3/t12-,17-/m1/s1. The first-order chi connectivity index (χ1) is 11.9. The summed E-state index contributed by atoms with van der Waals surface area (Å²) in [6, 6.07) is 9.89. The van der Waals surface area contributed by atoms with E-state index in [0.29, 0.717) is 18.0 Å². The predicted molar refractivity (Wildman–Crippen MR) is 98.8 cm³/mol. The average Bonchev–Trinajstić information content (AvgIpc) is 3.02. The van der Waals surface area contributed by atoms with Crippen LogP contribution in [0.25, 0.3) is 10.9 Å². The number of nitrogens with zero attached hydrogens (tertiary/aromatic N) is 1. The molecule has 2 heterocycles. The molecule has 1 aliphatic rings. The number of aryl methyl sites for hydroxylation is 2. The summed E-state index contributed by atoms with van der Waals surface area (Å²) >= 11 is 0. The summed E-state index contributed by atoms with van der Waals surface area (Å²) in [6.45, 7) is 6.86. The van der Waals surface area contributed by atoms with E-state index in [1.165, 1.54) is 12.0 Å². The lowest BCUT2D eigenvalue weighted by molar-refractivity contribution is 0.0775. The van der Waals surface area contributed by atoms with Crippen LogP contribution in [0.4, 0.5) is 0 Å². The summed E-state index contributed by atoms with van der Waals surface area (Å²) in [4.78, 5) is 17.9. The molecule has 4 nitrogen and oxygen atoms in total. The molecule has 1 N–H and O–H groups in total. The molecule has 130 valence electrons. The Morgan fingerprint density at radius 2 is 2.04 bits per heavy atom. The molecule has 0 unspecified atom stereocenters. The number of aromatic nitrogens is 1. The van der Waals surface area contributed by atoms with Crippen LogP contribution in [0.15, 0.2) is 34.7 Å². The number of carbonyl (C=O) groups excluding carboxylic acids is 1. The second-order valence-corrected chi connectivity index (χ2v) is 7.42. The van der Waals surface area contributed by atoms with E-state index in [0.717, 1.165) is 34.0 Å². The Bertz CT molecular complexity index is 950.